The van der Waals surface area contributed by atoms with Gasteiger partial charge in [0, 0.05) is 31.1 Å². The third kappa shape index (κ3) is 13.1. The first kappa shape index (κ1) is 46.3. The second-order valence-corrected chi connectivity index (χ2v) is 18.3. The zero-order chi connectivity index (χ0) is 40.8. The lowest BCUT2D eigenvalue weighted by molar-refractivity contribution is -0.223. The number of thioether (sulfide) groups is 1. The zero-order valence-corrected chi connectivity index (χ0v) is 36.5. The summed E-state index contributed by atoms with van der Waals surface area (Å²) in [7, 11) is 0. The third-order valence-electron chi connectivity index (χ3n) is 12.7. The Morgan fingerprint density at radius 3 is 2.14 bits per heavy atom. The minimum Gasteiger partial charge on any atom is -0.508 e. The van der Waals surface area contributed by atoms with E-state index in [1.165, 1.54) is 83.5 Å². The van der Waals surface area contributed by atoms with Gasteiger partial charge in [-0.15, -0.1) is 6.58 Å². The van der Waals surface area contributed by atoms with Crippen molar-refractivity contribution in [1.29, 1.82) is 0 Å². The van der Waals surface area contributed by atoms with Gasteiger partial charge in [-0.2, -0.15) is 11.8 Å². The van der Waals surface area contributed by atoms with E-state index in [0.717, 1.165) is 78.9 Å². The van der Waals surface area contributed by atoms with Crippen molar-refractivity contribution in [2.75, 3.05) is 25.6 Å². The predicted octanol–water partition coefficient (Wildman–Crippen LogP) is 12.4. The van der Waals surface area contributed by atoms with Crippen molar-refractivity contribution in [3.8, 4) is 11.5 Å². The first-order valence-electron chi connectivity index (χ1n) is 23.1. The van der Waals surface area contributed by atoms with Crippen molar-refractivity contribution in [1.82, 2.24) is 0 Å². The maximum absolute atomic E-state index is 10.9. The molecule has 3 aliphatic rings. The van der Waals surface area contributed by atoms with Crippen molar-refractivity contribution in [3.05, 3.63) is 84.0 Å². The molecule has 1 heterocycles. The molecule has 0 aromatic heterocycles. The molecule has 6 atom stereocenters. The van der Waals surface area contributed by atoms with Gasteiger partial charge >= 0.3 is 0 Å². The molecule has 0 amide bonds. The number of phenolic OH excluding ortho intramolecular Hbond substituents is 1. The van der Waals surface area contributed by atoms with Crippen molar-refractivity contribution in [2.45, 2.75) is 165 Å². The van der Waals surface area contributed by atoms with Crippen LogP contribution < -0.4 is 4.74 Å². The summed E-state index contributed by atoms with van der Waals surface area (Å²) in [5.41, 5.74) is 4.16. The van der Waals surface area contributed by atoms with E-state index in [1.807, 2.05) is 48.2 Å². The lowest BCUT2D eigenvalue weighted by atomic mass is 9.56. The van der Waals surface area contributed by atoms with E-state index in [2.05, 4.69) is 31.7 Å². The van der Waals surface area contributed by atoms with Gasteiger partial charge in [0.25, 0.3) is 0 Å². The summed E-state index contributed by atoms with van der Waals surface area (Å²) in [6.07, 6.45) is 28.8. The van der Waals surface area contributed by atoms with E-state index in [-0.39, 0.29) is 47.9 Å². The average molecular weight is 818 g/mol. The van der Waals surface area contributed by atoms with Gasteiger partial charge in [0.1, 0.15) is 18.1 Å². The Bertz CT molecular complexity index is 1530. The summed E-state index contributed by atoms with van der Waals surface area (Å²) in [6, 6.07) is 15.7. The number of aliphatic hydroxyl groups is 2. The highest BCUT2D eigenvalue weighted by Gasteiger charge is 2.63. The number of benzene rings is 2. The molecular weight excluding hydrogens is 743 g/mol. The maximum atomic E-state index is 10.9. The second-order valence-electron chi connectivity index (χ2n) is 17.0. The van der Waals surface area contributed by atoms with Crippen LogP contribution in [0.2, 0.25) is 0 Å². The Morgan fingerprint density at radius 2 is 1.48 bits per heavy atom. The molecule has 0 bridgehead atoms. The molecule has 7 nitrogen and oxygen atoms in total. The molecule has 58 heavy (non-hydrogen) atoms. The maximum Gasteiger partial charge on any atom is 0.230 e. The van der Waals surface area contributed by atoms with Crippen molar-refractivity contribution >= 4 is 17.5 Å². The average Bonchev–Trinajstić information content (AvgIpc) is 3.24. The fourth-order valence-electron chi connectivity index (χ4n) is 9.77. The van der Waals surface area contributed by atoms with Crippen molar-refractivity contribution in [3.63, 3.8) is 0 Å². The van der Waals surface area contributed by atoms with Crippen molar-refractivity contribution in [2.24, 2.45) is 22.9 Å². The highest BCUT2D eigenvalue weighted by atomic mass is 32.2. The largest absolute Gasteiger partial charge is 0.508 e. The highest BCUT2D eigenvalue weighted by molar-refractivity contribution is 8.00. The van der Waals surface area contributed by atoms with Crippen LogP contribution in [-0.2, 0) is 16.2 Å². The molecule has 1 saturated carbocycles. The Kier molecular flexibility index (Phi) is 20.6. The molecule has 0 spiro atoms. The summed E-state index contributed by atoms with van der Waals surface area (Å²) in [5.74, 6) is 1.27. The lowest BCUT2D eigenvalue weighted by Crippen LogP contribution is -2.64. The number of aliphatic hydroxyl groups excluding tert-OH is 2. The molecule has 1 fully saturated rings. The Balaban J connectivity index is 1.37. The molecule has 1 aliphatic heterocycles. The third-order valence-corrected chi connectivity index (χ3v) is 14.1. The molecule has 0 radical (unpaired) electrons. The van der Waals surface area contributed by atoms with E-state index in [4.69, 9.17) is 19.5 Å². The van der Waals surface area contributed by atoms with Gasteiger partial charge < -0.3 is 29.6 Å². The van der Waals surface area contributed by atoms with Crippen LogP contribution in [0, 0.1) is 17.8 Å². The lowest BCUT2D eigenvalue weighted by Gasteiger charge is -2.58. The number of rotatable bonds is 30. The summed E-state index contributed by atoms with van der Waals surface area (Å²) in [6.45, 7) is 7.42. The molecule has 6 unspecified atom stereocenters. The Hall–Kier alpha value is -2.78. The monoisotopic (exact) mass is 818 g/mol. The first-order valence-corrected chi connectivity index (χ1v) is 24.2. The van der Waals surface area contributed by atoms with Gasteiger partial charge in [-0.05, 0) is 79.0 Å². The van der Waals surface area contributed by atoms with Crippen LogP contribution in [0.5, 0.6) is 11.5 Å². The van der Waals surface area contributed by atoms with E-state index >= 15 is 0 Å². The zero-order valence-electron chi connectivity index (χ0n) is 35.7. The molecule has 2 aromatic rings. The molecule has 5 rings (SSSR count). The van der Waals surface area contributed by atoms with Gasteiger partial charge in [0.15, 0.2) is 0 Å². The topological polar surface area (TPSA) is 101 Å². The van der Waals surface area contributed by atoms with Crippen LogP contribution in [0.1, 0.15) is 159 Å². The minimum atomic E-state index is -0.973. The van der Waals surface area contributed by atoms with Crippen molar-refractivity contribution < 1.29 is 29.6 Å². The number of hydrogen-bond donors (Lipinski definition) is 3. The van der Waals surface area contributed by atoms with E-state index in [0.29, 0.717) is 19.6 Å². The number of unbranched alkanes of at least 4 members (excludes halogenated alkanes) is 15. The van der Waals surface area contributed by atoms with Crippen LogP contribution in [0.3, 0.4) is 0 Å². The number of ether oxygens (including phenoxy) is 2. The Labute approximate surface area is 355 Å². The minimum absolute atomic E-state index is 0.0118. The van der Waals surface area contributed by atoms with Gasteiger partial charge in [0.05, 0.1) is 23.5 Å². The molecular formula is C50H75NO6S. The number of oxime groups is 1. The molecule has 8 heteroatoms. The SMILES string of the molecule is C=CCOC12Oc3ccc(O)cc3C3C(CCCCO)C(CCCCO)C=C(C(=NOCc4ccccc4)CC1SCCCCCCCCCCCCCCCC)C32. The molecule has 322 valence electrons. The fourth-order valence-corrected chi connectivity index (χ4v) is 11.2. The van der Waals surface area contributed by atoms with Crippen LogP contribution >= 0.6 is 11.8 Å². The van der Waals surface area contributed by atoms with Gasteiger partial charge in [-0.25, -0.2) is 0 Å². The van der Waals surface area contributed by atoms with Crippen LogP contribution in [0.25, 0.3) is 0 Å². The summed E-state index contributed by atoms with van der Waals surface area (Å²) >= 11 is 1.95. The quantitative estimate of drug-likeness (QED) is 0.0410. The number of allylic oxidation sites excluding steroid dienone is 1. The van der Waals surface area contributed by atoms with Gasteiger partial charge in [0.2, 0.25) is 5.79 Å². The molecule has 0 saturated heterocycles. The number of phenols is 1. The summed E-state index contributed by atoms with van der Waals surface area (Å²) < 4.78 is 14.3. The number of hydrogen-bond acceptors (Lipinski definition) is 8. The Morgan fingerprint density at radius 1 is 0.828 bits per heavy atom. The van der Waals surface area contributed by atoms with E-state index in [9.17, 15) is 15.3 Å². The fraction of sp³-hybridized carbons (Fsp3) is 0.660. The number of fused-ring (bicyclic) bond motifs is 2. The summed E-state index contributed by atoms with van der Waals surface area (Å²) in [5, 5.41) is 35.4. The van der Waals surface area contributed by atoms with Crippen LogP contribution in [0.15, 0.2) is 78.0 Å². The smallest absolute Gasteiger partial charge is 0.230 e. The van der Waals surface area contributed by atoms with E-state index in [1.54, 1.807) is 6.07 Å². The van der Waals surface area contributed by atoms with Crippen LogP contribution in [-0.4, -0.2) is 57.6 Å². The predicted molar refractivity (Wildman–Crippen MR) is 241 cm³/mol. The second kappa shape index (κ2) is 25.8. The normalized spacial score (nSPS) is 24.2. The standard InChI is InChI=1S/C50H75NO6S/c1-3-5-6-7-8-9-10-11-12-13-14-15-16-24-34-58-47-37-45(51-56-38-39-25-18-17-19-26-39)43-35-40(27-20-22-31-52)42(28-21-23-32-53)48-44-36-41(54)29-30-46(44)57-50(47,49(43)48)55-33-4-2/h4,17-19,25-26,29-30,35-36,40,42,47-49,52-54H,2-3,5-16,20-24,27-28,31-34,37-38H2,1H3. The molecule has 3 N–H and O–H groups in total. The molecule has 2 aromatic carbocycles. The summed E-state index contributed by atoms with van der Waals surface area (Å²) in [4.78, 5) is 6.19. The number of aromatic hydroxyl groups is 1. The number of nitrogens with zero attached hydrogens (tertiary/aromatic N) is 1. The van der Waals surface area contributed by atoms with E-state index < -0.39 is 5.79 Å². The first-order chi connectivity index (χ1) is 28.6. The highest BCUT2D eigenvalue weighted by Crippen LogP contribution is 2.62. The van der Waals surface area contributed by atoms with Crippen LogP contribution in [0.4, 0.5) is 0 Å². The van der Waals surface area contributed by atoms with Gasteiger partial charge in [-0.1, -0.05) is 151 Å². The van der Waals surface area contributed by atoms with Gasteiger partial charge in [-0.3, -0.25) is 0 Å². The molecule has 2 aliphatic carbocycles.